The Morgan fingerprint density at radius 2 is 2.00 bits per heavy atom. The van der Waals surface area contributed by atoms with E-state index in [0.29, 0.717) is 6.54 Å². The van der Waals surface area contributed by atoms with Crippen molar-refractivity contribution in [3.8, 4) is 0 Å². The first-order chi connectivity index (χ1) is 5.93. The second kappa shape index (κ2) is 5.71. The molecule has 1 N–H and O–H groups in total. The fourth-order valence-corrected chi connectivity index (χ4v) is 0.831. The summed E-state index contributed by atoms with van der Waals surface area (Å²) in [4.78, 5) is 4.91. The fraction of sp³-hybridized carbons (Fsp3) is 0.333. The van der Waals surface area contributed by atoms with Crippen LogP contribution in [0.2, 0.25) is 0 Å². The molecule has 1 aromatic rings. The van der Waals surface area contributed by atoms with Gasteiger partial charge < -0.3 is 4.74 Å². The summed E-state index contributed by atoms with van der Waals surface area (Å²) in [5.74, 6) is 0. The van der Waals surface area contributed by atoms with Crippen molar-refractivity contribution in [2.24, 2.45) is 0 Å². The van der Waals surface area contributed by atoms with Crippen LogP contribution in [0.15, 0.2) is 30.3 Å². The monoisotopic (exact) mass is 167 g/mol. The van der Waals surface area contributed by atoms with Gasteiger partial charge in [0.05, 0.1) is 0 Å². The Morgan fingerprint density at radius 1 is 1.25 bits per heavy atom. The lowest BCUT2D eigenvalue weighted by molar-refractivity contribution is -0.0843. The fourth-order valence-electron chi connectivity index (χ4n) is 0.831. The van der Waals surface area contributed by atoms with E-state index in [0.717, 1.165) is 0 Å². The molecule has 0 unspecified atom stereocenters. The number of hydrogen-bond acceptors (Lipinski definition) is 3. The minimum Gasteiger partial charge on any atom is -0.357 e. The molecule has 0 aliphatic heterocycles. The van der Waals surface area contributed by atoms with Crippen molar-refractivity contribution >= 4 is 0 Å². The highest BCUT2D eigenvalue weighted by molar-refractivity contribution is 5.13. The zero-order valence-corrected chi connectivity index (χ0v) is 7.12. The summed E-state index contributed by atoms with van der Waals surface area (Å²) in [7, 11) is 1.59. The molecule has 66 valence electrons. The van der Waals surface area contributed by atoms with Gasteiger partial charge in [-0.1, -0.05) is 30.3 Å². The molecular weight excluding hydrogens is 154 g/mol. The van der Waals surface area contributed by atoms with E-state index in [4.69, 9.17) is 9.57 Å². The third-order valence-corrected chi connectivity index (χ3v) is 1.40. The minimum absolute atomic E-state index is 0.271. The van der Waals surface area contributed by atoms with Crippen molar-refractivity contribution in [1.29, 1.82) is 0 Å². The second-order valence-corrected chi connectivity index (χ2v) is 2.36. The van der Waals surface area contributed by atoms with Crippen LogP contribution in [0.5, 0.6) is 0 Å². The van der Waals surface area contributed by atoms with Gasteiger partial charge in [0.2, 0.25) is 0 Å². The highest BCUT2D eigenvalue weighted by Gasteiger charge is 1.88. The topological polar surface area (TPSA) is 30.5 Å². The normalized spacial score (nSPS) is 10.1. The molecule has 0 amide bonds. The van der Waals surface area contributed by atoms with Gasteiger partial charge in [-0.05, 0) is 5.56 Å². The third-order valence-electron chi connectivity index (χ3n) is 1.40. The van der Waals surface area contributed by atoms with Gasteiger partial charge in [-0.15, -0.1) is 0 Å². The van der Waals surface area contributed by atoms with Gasteiger partial charge in [0.15, 0.2) is 6.79 Å². The zero-order chi connectivity index (χ0) is 8.65. The van der Waals surface area contributed by atoms with E-state index in [-0.39, 0.29) is 6.79 Å². The van der Waals surface area contributed by atoms with Gasteiger partial charge in [-0.25, -0.2) is 0 Å². The third kappa shape index (κ3) is 3.48. The van der Waals surface area contributed by atoms with Crippen LogP contribution in [0.3, 0.4) is 0 Å². The molecule has 0 heterocycles. The lowest BCUT2D eigenvalue weighted by Gasteiger charge is -2.03. The van der Waals surface area contributed by atoms with Crippen molar-refractivity contribution in [2.75, 3.05) is 13.9 Å². The van der Waals surface area contributed by atoms with Gasteiger partial charge >= 0.3 is 0 Å². The summed E-state index contributed by atoms with van der Waals surface area (Å²) in [6.45, 7) is 0.969. The maximum atomic E-state index is 4.91. The molecule has 0 atom stereocenters. The highest BCUT2D eigenvalue weighted by atomic mass is 16.7. The van der Waals surface area contributed by atoms with E-state index in [9.17, 15) is 0 Å². The molecule has 0 spiro atoms. The Bertz CT molecular complexity index is 201. The van der Waals surface area contributed by atoms with E-state index < -0.39 is 0 Å². The zero-order valence-electron chi connectivity index (χ0n) is 7.12. The van der Waals surface area contributed by atoms with Gasteiger partial charge in [-0.3, -0.25) is 4.84 Å². The summed E-state index contributed by atoms with van der Waals surface area (Å²) in [5, 5.41) is 0. The minimum atomic E-state index is 0.271. The van der Waals surface area contributed by atoms with Gasteiger partial charge in [0.1, 0.15) is 0 Å². The van der Waals surface area contributed by atoms with E-state index in [1.807, 2.05) is 30.3 Å². The Morgan fingerprint density at radius 3 is 2.67 bits per heavy atom. The number of benzene rings is 1. The standard InChI is InChI=1S/C9H13NO2/c1-11-8-12-10-7-9-5-3-2-4-6-9/h2-6,10H,7-8H2,1H3. The van der Waals surface area contributed by atoms with Gasteiger partial charge in [-0.2, -0.15) is 5.48 Å². The summed E-state index contributed by atoms with van der Waals surface area (Å²) >= 11 is 0. The molecule has 3 nitrogen and oxygen atoms in total. The lowest BCUT2D eigenvalue weighted by atomic mass is 10.2. The van der Waals surface area contributed by atoms with Crippen molar-refractivity contribution in [2.45, 2.75) is 6.54 Å². The summed E-state index contributed by atoms with van der Waals surface area (Å²) in [6.07, 6.45) is 0. The summed E-state index contributed by atoms with van der Waals surface area (Å²) in [5.41, 5.74) is 3.97. The van der Waals surface area contributed by atoms with Crippen LogP contribution in [-0.2, 0) is 16.1 Å². The SMILES string of the molecule is COCONCc1ccccc1. The predicted molar refractivity (Wildman–Crippen MR) is 46.2 cm³/mol. The van der Waals surface area contributed by atoms with Crippen molar-refractivity contribution in [3.05, 3.63) is 35.9 Å². The van der Waals surface area contributed by atoms with Crippen LogP contribution >= 0.6 is 0 Å². The van der Waals surface area contributed by atoms with E-state index in [1.54, 1.807) is 7.11 Å². The molecule has 0 aliphatic carbocycles. The van der Waals surface area contributed by atoms with Crippen LogP contribution in [0.25, 0.3) is 0 Å². The molecule has 1 aromatic carbocycles. The first-order valence-corrected chi connectivity index (χ1v) is 3.81. The molecule has 0 aromatic heterocycles. The summed E-state index contributed by atoms with van der Waals surface area (Å²) in [6, 6.07) is 10.0. The van der Waals surface area contributed by atoms with Gasteiger partial charge in [0, 0.05) is 13.7 Å². The van der Waals surface area contributed by atoms with Gasteiger partial charge in [0.25, 0.3) is 0 Å². The Balaban J connectivity index is 2.16. The van der Waals surface area contributed by atoms with E-state index in [1.165, 1.54) is 5.56 Å². The first-order valence-electron chi connectivity index (χ1n) is 3.81. The maximum Gasteiger partial charge on any atom is 0.166 e. The molecule has 1 rings (SSSR count). The van der Waals surface area contributed by atoms with E-state index >= 15 is 0 Å². The number of hydrogen-bond donors (Lipinski definition) is 1. The van der Waals surface area contributed by atoms with Crippen LogP contribution in [0.4, 0.5) is 0 Å². The molecular formula is C9H13NO2. The quantitative estimate of drug-likeness (QED) is 0.407. The first kappa shape index (κ1) is 9.19. The number of rotatable bonds is 5. The highest BCUT2D eigenvalue weighted by Crippen LogP contribution is 1.96. The Labute approximate surface area is 72.3 Å². The molecule has 0 saturated heterocycles. The van der Waals surface area contributed by atoms with Crippen LogP contribution in [-0.4, -0.2) is 13.9 Å². The number of nitrogens with one attached hydrogen (secondary N) is 1. The second-order valence-electron chi connectivity index (χ2n) is 2.36. The molecule has 12 heavy (non-hydrogen) atoms. The number of methoxy groups -OCH3 is 1. The molecule has 3 heteroatoms. The summed E-state index contributed by atoms with van der Waals surface area (Å²) < 4.78 is 4.70. The smallest absolute Gasteiger partial charge is 0.166 e. The maximum absolute atomic E-state index is 4.91. The van der Waals surface area contributed by atoms with E-state index in [2.05, 4.69) is 5.48 Å². The average molecular weight is 167 g/mol. The van der Waals surface area contributed by atoms with Crippen molar-refractivity contribution in [3.63, 3.8) is 0 Å². The molecule has 0 saturated carbocycles. The molecule has 0 aliphatic rings. The lowest BCUT2D eigenvalue weighted by Crippen LogP contribution is -2.15. The predicted octanol–water partition coefficient (Wildman–Crippen LogP) is 1.31. The largest absolute Gasteiger partial charge is 0.357 e. The number of hydroxylamine groups is 1. The number of ether oxygens (including phenoxy) is 1. The van der Waals surface area contributed by atoms with Crippen LogP contribution in [0, 0.1) is 0 Å². The van der Waals surface area contributed by atoms with Crippen LogP contribution in [0.1, 0.15) is 5.56 Å². The molecule has 0 radical (unpaired) electrons. The van der Waals surface area contributed by atoms with Crippen LogP contribution < -0.4 is 5.48 Å². The average Bonchev–Trinajstić information content (AvgIpc) is 2.14. The Hall–Kier alpha value is -0.900. The molecule has 0 bridgehead atoms. The van der Waals surface area contributed by atoms with Crippen molar-refractivity contribution in [1.82, 2.24) is 5.48 Å². The molecule has 0 fully saturated rings. The Kier molecular flexibility index (Phi) is 4.37. The van der Waals surface area contributed by atoms with Crippen molar-refractivity contribution < 1.29 is 9.57 Å².